The number of nitrogens with one attached hydrogen (secondary N) is 2. The Hall–Kier alpha value is -7.84. The molecular formula is C72H94N10O10. The van der Waals surface area contributed by atoms with Crippen LogP contribution in [-0.2, 0) is 77.3 Å². The molecule has 4 bridgehead atoms. The third-order valence-corrected chi connectivity index (χ3v) is 20.6. The molecule has 2 aromatic heterocycles. The Bertz CT molecular complexity index is 3500. The number of carbonyl (C=O) groups excluding carboxylic acids is 6. The van der Waals surface area contributed by atoms with Crippen molar-refractivity contribution in [3.05, 3.63) is 107 Å². The molecule has 4 fully saturated rings. The highest BCUT2D eigenvalue weighted by Crippen LogP contribution is 2.49. The normalized spacial score (nSPS) is 21.8. The Morgan fingerprint density at radius 3 is 1.27 bits per heavy atom. The van der Waals surface area contributed by atoms with Gasteiger partial charge in [0.25, 0.3) is 0 Å². The summed E-state index contributed by atoms with van der Waals surface area (Å²) in [6.07, 6.45) is 10.7. The number of fused-ring (bicyclic) bond motifs is 4. The molecule has 4 amide bonds. The fraction of sp³-hybridized carbons (Fsp3) is 0.556. The number of benzene rings is 4. The van der Waals surface area contributed by atoms with E-state index >= 15 is 9.59 Å². The number of rotatable bonds is 18. The van der Waals surface area contributed by atoms with E-state index in [1.807, 2.05) is 86.5 Å². The zero-order valence-corrected chi connectivity index (χ0v) is 55.2. The van der Waals surface area contributed by atoms with Crippen LogP contribution in [-0.4, -0.2) is 115 Å². The number of hydrogen-bond donors (Lipinski definition) is 4. The van der Waals surface area contributed by atoms with Crippen molar-refractivity contribution >= 4 is 58.0 Å². The van der Waals surface area contributed by atoms with E-state index in [4.69, 9.17) is 40.4 Å². The molecule has 14 rings (SSSR count). The van der Waals surface area contributed by atoms with Crippen molar-refractivity contribution in [3.63, 3.8) is 0 Å². The number of alkyl carbamates (subject to hydrolysis) is 2. The fourth-order valence-corrected chi connectivity index (χ4v) is 15.2. The number of carbonyl (C=O) groups is 6. The average Bonchev–Trinajstić information content (AvgIpc) is 1.59. The second-order valence-electron chi connectivity index (χ2n) is 27.8. The first-order chi connectivity index (χ1) is 44.1. The number of aromatic nitrogens is 4. The Labute approximate surface area is 540 Å². The molecule has 92 heavy (non-hydrogen) atoms. The maximum atomic E-state index is 15.0. The van der Waals surface area contributed by atoms with Crippen LogP contribution in [0.15, 0.2) is 72.8 Å². The van der Waals surface area contributed by atoms with Gasteiger partial charge in [0, 0.05) is 12.1 Å². The predicted molar refractivity (Wildman–Crippen MR) is 351 cm³/mol. The van der Waals surface area contributed by atoms with Gasteiger partial charge in [0.15, 0.2) is 13.5 Å². The van der Waals surface area contributed by atoms with Crippen LogP contribution in [0.5, 0.6) is 0 Å². The second kappa shape index (κ2) is 27.8. The summed E-state index contributed by atoms with van der Waals surface area (Å²) in [6, 6.07) is 21.8. The van der Waals surface area contributed by atoms with E-state index in [2.05, 4.69) is 71.3 Å². The molecule has 2 aliphatic heterocycles. The van der Waals surface area contributed by atoms with E-state index in [1.165, 1.54) is 25.3 Å². The van der Waals surface area contributed by atoms with Gasteiger partial charge in [-0.15, -0.1) is 0 Å². The van der Waals surface area contributed by atoms with Crippen molar-refractivity contribution in [2.45, 2.75) is 207 Å². The van der Waals surface area contributed by atoms with Crippen molar-refractivity contribution in [2.24, 2.45) is 47.0 Å². The second-order valence-corrected chi connectivity index (χ2v) is 27.8. The number of methoxy groups -OCH3 is 2. The highest BCUT2D eigenvalue weighted by molar-refractivity contribution is 5.90. The molecule has 10 atom stereocenters. The van der Waals surface area contributed by atoms with Crippen LogP contribution in [0.1, 0.15) is 166 Å². The Morgan fingerprint density at radius 1 is 0.511 bits per heavy atom. The molecule has 4 aromatic carbocycles. The molecule has 6 aromatic rings. The third kappa shape index (κ3) is 13.2. The van der Waals surface area contributed by atoms with Crippen LogP contribution in [0.25, 0.3) is 44.3 Å². The first kappa shape index (κ1) is 65.6. The first-order valence-electron chi connectivity index (χ1n) is 33.6. The molecule has 0 spiro atoms. The molecule has 2 saturated heterocycles. The molecule has 492 valence electrons. The van der Waals surface area contributed by atoms with Crippen molar-refractivity contribution in [2.75, 3.05) is 14.2 Å². The molecule has 4 heterocycles. The molecule has 8 aliphatic rings. The van der Waals surface area contributed by atoms with Gasteiger partial charge in [-0.25, -0.2) is 19.6 Å². The maximum Gasteiger partial charge on any atom is 0.407 e. The summed E-state index contributed by atoms with van der Waals surface area (Å²) < 4.78 is 26.1. The summed E-state index contributed by atoms with van der Waals surface area (Å²) >= 11 is 0. The van der Waals surface area contributed by atoms with E-state index in [0.29, 0.717) is 35.5 Å². The van der Waals surface area contributed by atoms with Gasteiger partial charge in [-0.3, -0.25) is 28.3 Å². The summed E-state index contributed by atoms with van der Waals surface area (Å²) in [6.45, 7) is 14.9. The number of likely N-dealkylation sites (tertiary alicyclic amines) is 2. The average molecular weight is 1260 g/mol. The van der Waals surface area contributed by atoms with Gasteiger partial charge >= 0.3 is 24.1 Å². The van der Waals surface area contributed by atoms with Gasteiger partial charge in [-0.05, 0) is 168 Å². The van der Waals surface area contributed by atoms with Crippen LogP contribution in [0.3, 0.4) is 0 Å². The number of aryl methyl sites for hydroxylation is 4. The quantitative estimate of drug-likeness (QED) is 0.0461. The van der Waals surface area contributed by atoms with Crippen molar-refractivity contribution in [1.82, 2.24) is 39.5 Å². The molecule has 6 aliphatic carbocycles. The highest BCUT2D eigenvalue weighted by atomic mass is 16.6. The molecule has 2 saturated carbocycles. The SMILES string of the molecule is COC(=O)N[C@H](C(=O)N1[C@H](c2nc3ccc(-c4cc5ccc4CCc4ccc(c(-c6ccc7nc([C@@H]8C[C@@H]9CCCC[C@@H]9N8C(=O)[C@@H](NC(=O)OC)C(C)C)n(COC(=O)[C@@H](N)C(C)C)c7c6)c4)CC5)cc3n2COC(=O)[C@@H](N)C(C)C)C[C@@H]2CCCC[C@@H]21)C(C)C. The van der Waals surface area contributed by atoms with Gasteiger partial charge in [0.2, 0.25) is 11.8 Å². The summed E-state index contributed by atoms with van der Waals surface area (Å²) in [4.78, 5) is 97.3. The Morgan fingerprint density at radius 2 is 0.902 bits per heavy atom. The van der Waals surface area contributed by atoms with Crippen LogP contribution in [0.4, 0.5) is 9.59 Å². The number of nitrogens with two attached hydrogens (primary N) is 2. The lowest BCUT2D eigenvalue weighted by Gasteiger charge is -2.37. The smallest absolute Gasteiger partial charge is 0.407 e. The summed E-state index contributed by atoms with van der Waals surface area (Å²) in [7, 11) is 2.60. The van der Waals surface area contributed by atoms with E-state index in [9.17, 15) is 19.2 Å². The number of imidazole rings is 2. The Balaban J connectivity index is 0.940. The third-order valence-electron chi connectivity index (χ3n) is 20.6. The van der Waals surface area contributed by atoms with Gasteiger partial charge in [-0.2, -0.15) is 0 Å². The van der Waals surface area contributed by atoms with Crippen LogP contribution in [0.2, 0.25) is 0 Å². The molecule has 20 heteroatoms. The summed E-state index contributed by atoms with van der Waals surface area (Å²) in [5.74, 6) is -0.467. The van der Waals surface area contributed by atoms with Crippen LogP contribution >= 0.6 is 0 Å². The predicted octanol–water partition coefficient (Wildman–Crippen LogP) is 11.0. The Kier molecular flexibility index (Phi) is 19.8. The molecular weight excluding hydrogens is 1160 g/mol. The van der Waals surface area contributed by atoms with Crippen molar-refractivity contribution in [1.29, 1.82) is 0 Å². The fourth-order valence-electron chi connectivity index (χ4n) is 15.2. The minimum atomic E-state index is -0.836. The van der Waals surface area contributed by atoms with E-state index < -0.39 is 60.4 Å². The minimum absolute atomic E-state index is 0.0487. The summed E-state index contributed by atoms with van der Waals surface area (Å²) in [5.41, 5.74) is 24.5. The monoisotopic (exact) mass is 1260 g/mol. The number of esters is 2. The molecule has 0 radical (unpaired) electrons. The lowest BCUT2D eigenvalue weighted by molar-refractivity contribution is -0.151. The largest absolute Gasteiger partial charge is 0.453 e. The standard InChI is InChI=1S/C72H94N10O10/c1-39(2)61(73)69(85)91-37-79-57-33-47(27-29-53(57)75-65(79)59-35-49-15-11-13-17-55(49)81(59)67(83)63(41(5)6)77-71(87)89-9)51-31-43-19-23-45(51)25-21-44-20-24-46(26-22-43)52(32-44)48-28-30-54-58(34-48)80(38-92-70(86)62(74)40(3)4)66(76-54)60-36-50-16-12-14-18-56(50)82(60)68(84)64(42(7)8)78-72(88)90-10/h19-20,23-24,27-34,39-42,49-50,55-56,59-64H,11-18,21-22,25-26,35-38,73-74H2,1-10H3,(H,77,87)(H,78,88)/t49-,50-,55-,56-,59-,60-,61-,62-,63-,64-/m0/s1. The van der Waals surface area contributed by atoms with Gasteiger partial charge in [0.05, 0.1) is 48.4 Å². The van der Waals surface area contributed by atoms with Crippen LogP contribution in [0, 0.1) is 35.5 Å². The topological polar surface area (TPSA) is 258 Å². The van der Waals surface area contributed by atoms with E-state index in [1.54, 1.807) is 0 Å². The molecule has 0 unspecified atom stereocenters. The summed E-state index contributed by atoms with van der Waals surface area (Å²) in [5, 5.41) is 5.67. The van der Waals surface area contributed by atoms with Gasteiger partial charge < -0.3 is 50.8 Å². The van der Waals surface area contributed by atoms with E-state index in [0.717, 1.165) is 121 Å². The minimum Gasteiger partial charge on any atom is -0.453 e. The lowest BCUT2D eigenvalue weighted by Crippen LogP contribution is -2.54. The van der Waals surface area contributed by atoms with Crippen molar-refractivity contribution in [3.8, 4) is 22.3 Å². The zero-order chi connectivity index (χ0) is 65.4. The number of amides is 4. The zero-order valence-electron chi connectivity index (χ0n) is 55.2. The number of hydrogen-bond acceptors (Lipinski definition) is 14. The van der Waals surface area contributed by atoms with Crippen LogP contribution < -0.4 is 22.1 Å². The molecule has 20 nitrogen and oxygen atoms in total. The lowest BCUT2D eigenvalue weighted by atomic mass is 9.84. The highest BCUT2D eigenvalue weighted by Gasteiger charge is 2.51. The maximum absolute atomic E-state index is 15.0. The first-order valence-corrected chi connectivity index (χ1v) is 33.6. The number of nitrogens with zero attached hydrogens (tertiary/aromatic N) is 6. The van der Waals surface area contributed by atoms with Gasteiger partial charge in [-0.1, -0.05) is 130 Å². The van der Waals surface area contributed by atoms with Gasteiger partial charge in [0.1, 0.15) is 35.8 Å². The molecule has 6 N–H and O–H groups in total. The van der Waals surface area contributed by atoms with E-state index in [-0.39, 0.29) is 72.9 Å². The number of ether oxygens (including phenoxy) is 4. The van der Waals surface area contributed by atoms with Crippen molar-refractivity contribution < 1.29 is 47.7 Å².